The smallest absolute Gasteiger partial charge is 0.318 e. The Hall–Kier alpha value is -2.63. The first kappa shape index (κ1) is 15.9. The molecule has 4 rings (SSSR count). The second-order valence-electron chi connectivity index (χ2n) is 6.45. The molecule has 2 aliphatic rings. The van der Waals surface area contributed by atoms with Crippen LogP contribution < -0.4 is 10.1 Å². The zero-order valence-electron chi connectivity index (χ0n) is 14.4. The minimum atomic E-state index is -0.0290. The molecule has 0 saturated heterocycles. The van der Waals surface area contributed by atoms with E-state index < -0.39 is 0 Å². The summed E-state index contributed by atoms with van der Waals surface area (Å²) in [4.78, 5) is 23.2. The molecule has 1 aliphatic heterocycles. The lowest BCUT2D eigenvalue weighted by Gasteiger charge is -2.30. The van der Waals surface area contributed by atoms with Crippen LogP contribution in [0.3, 0.4) is 0 Å². The summed E-state index contributed by atoms with van der Waals surface area (Å²) in [5, 5.41) is 3.19. The van der Waals surface area contributed by atoms with Crippen LogP contribution in [-0.2, 0) is 19.4 Å². The lowest BCUT2D eigenvalue weighted by molar-refractivity contribution is 0.186. The molecule has 0 fully saturated rings. The van der Waals surface area contributed by atoms with Crippen LogP contribution in [0.1, 0.15) is 41.8 Å². The van der Waals surface area contributed by atoms with Crippen molar-refractivity contribution in [2.45, 2.75) is 38.8 Å². The molecule has 1 aromatic heterocycles. The highest BCUT2D eigenvalue weighted by molar-refractivity contribution is 5.75. The Morgan fingerprint density at radius 1 is 1.32 bits per heavy atom. The van der Waals surface area contributed by atoms with Gasteiger partial charge in [0.25, 0.3) is 0 Å². The molecule has 6 heteroatoms. The average Bonchev–Trinajstić information content (AvgIpc) is 3.05. The number of benzene rings is 1. The Kier molecular flexibility index (Phi) is 4.26. The maximum absolute atomic E-state index is 12.8. The summed E-state index contributed by atoms with van der Waals surface area (Å²) in [6.07, 6.45) is 4.25. The monoisotopic (exact) mass is 338 g/mol. The first-order chi connectivity index (χ1) is 12.3. The molecule has 25 heavy (non-hydrogen) atoms. The van der Waals surface area contributed by atoms with Gasteiger partial charge >= 0.3 is 6.03 Å². The number of urea groups is 1. The summed E-state index contributed by atoms with van der Waals surface area (Å²) < 4.78 is 5.60. The van der Waals surface area contributed by atoms with Gasteiger partial charge in [-0.25, -0.2) is 14.8 Å². The van der Waals surface area contributed by atoms with E-state index in [1.807, 2.05) is 17.9 Å². The Morgan fingerprint density at radius 2 is 2.20 bits per heavy atom. The number of hydrogen-bond acceptors (Lipinski definition) is 4. The van der Waals surface area contributed by atoms with Gasteiger partial charge in [-0.1, -0.05) is 24.3 Å². The molecule has 130 valence electrons. The number of rotatable bonds is 3. The van der Waals surface area contributed by atoms with E-state index in [-0.39, 0.29) is 12.1 Å². The molecule has 0 radical (unpaired) electrons. The van der Waals surface area contributed by atoms with E-state index in [0.717, 1.165) is 30.5 Å². The highest BCUT2D eigenvalue weighted by Crippen LogP contribution is 2.31. The van der Waals surface area contributed by atoms with E-state index in [9.17, 15) is 4.79 Å². The van der Waals surface area contributed by atoms with E-state index in [4.69, 9.17) is 4.74 Å². The maximum atomic E-state index is 12.8. The van der Waals surface area contributed by atoms with Gasteiger partial charge in [0.2, 0.25) is 5.88 Å². The van der Waals surface area contributed by atoms with Gasteiger partial charge in [0.15, 0.2) is 0 Å². The molecular weight excluding hydrogens is 316 g/mol. The molecule has 0 spiro atoms. The number of nitrogens with zero attached hydrogens (tertiary/aromatic N) is 3. The van der Waals surface area contributed by atoms with Crippen molar-refractivity contribution in [1.82, 2.24) is 20.2 Å². The molecule has 0 saturated carbocycles. The topological polar surface area (TPSA) is 67.4 Å². The highest BCUT2D eigenvalue weighted by Gasteiger charge is 2.29. The summed E-state index contributed by atoms with van der Waals surface area (Å²) in [7, 11) is 0. The Labute approximate surface area is 147 Å². The minimum absolute atomic E-state index is 0.0290. The molecular formula is C19H22N4O2. The van der Waals surface area contributed by atoms with Crippen molar-refractivity contribution in [3.8, 4) is 5.88 Å². The summed E-state index contributed by atoms with van der Waals surface area (Å²) in [5.74, 6) is 0.594. The lowest BCUT2D eigenvalue weighted by Crippen LogP contribution is -2.44. The third kappa shape index (κ3) is 3.04. The summed E-state index contributed by atoms with van der Waals surface area (Å²) in [5.41, 5.74) is 4.49. The number of aryl methyl sites for hydroxylation is 1. The van der Waals surface area contributed by atoms with Crippen LogP contribution in [0.2, 0.25) is 0 Å². The van der Waals surface area contributed by atoms with Gasteiger partial charge in [-0.05, 0) is 30.9 Å². The fourth-order valence-electron chi connectivity index (χ4n) is 3.70. The van der Waals surface area contributed by atoms with Crippen molar-refractivity contribution in [3.05, 3.63) is 53.0 Å². The maximum Gasteiger partial charge on any atom is 0.318 e. The molecule has 1 unspecified atom stereocenters. The molecule has 2 amide bonds. The average molecular weight is 338 g/mol. The van der Waals surface area contributed by atoms with Gasteiger partial charge in [0.1, 0.15) is 6.33 Å². The zero-order chi connectivity index (χ0) is 17.2. The van der Waals surface area contributed by atoms with Crippen LogP contribution in [0.25, 0.3) is 0 Å². The molecule has 1 N–H and O–H groups in total. The van der Waals surface area contributed by atoms with E-state index in [2.05, 4.69) is 33.5 Å². The van der Waals surface area contributed by atoms with Gasteiger partial charge < -0.3 is 15.0 Å². The van der Waals surface area contributed by atoms with Crippen molar-refractivity contribution in [1.29, 1.82) is 0 Å². The number of amides is 2. The van der Waals surface area contributed by atoms with Crippen molar-refractivity contribution in [2.75, 3.05) is 13.2 Å². The molecule has 2 aromatic rings. The summed E-state index contributed by atoms with van der Waals surface area (Å²) in [6.45, 7) is 3.63. The first-order valence-corrected chi connectivity index (χ1v) is 8.85. The molecule has 1 atom stereocenters. The fourth-order valence-corrected chi connectivity index (χ4v) is 3.70. The number of carbonyl (C=O) groups excluding carboxylic acids is 1. The quantitative estimate of drug-likeness (QED) is 0.934. The number of fused-ring (bicyclic) bond motifs is 2. The number of aromatic nitrogens is 2. The lowest BCUT2D eigenvalue weighted by atomic mass is 10.1. The minimum Gasteiger partial charge on any atom is -0.478 e. The predicted octanol–water partition coefficient (Wildman–Crippen LogP) is 2.63. The van der Waals surface area contributed by atoms with Crippen LogP contribution in [0, 0.1) is 0 Å². The molecule has 1 aromatic carbocycles. The highest BCUT2D eigenvalue weighted by atomic mass is 16.5. The van der Waals surface area contributed by atoms with E-state index in [1.54, 1.807) is 0 Å². The largest absolute Gasteiger partial charge is 0.478 e. The molecule has 6 nitrogen and oxygen atoms in total. The van der Waals surface area contributed by atoms with E-state index >= 15 is 0 Å². The van der Waals surface area contributed by atoms with Crippen molar-refractivity contribution < 1.29 is 9.53 Å². The van der Waals surface area contributed by atoms with Gasteiger partial charge in [0.05, 0.1) is 30.5 Å². The Balaban J connectivity index is 1.48. The third-order valence-electron chi connectivity index (χ3n) is 4.96. The number of carbonyl (C=O) groups is 1. The van der Waals surface area contributed by atoms with Crippen molar-refractivity contribution in [3.63, 3.8) is 0 Å². The number of hydrogen-bond donors (Lipinski definition) is 1. The van der Waals surface area contributed by atoms with Gasteiger partial charge in [-0.3, -0.25) is 0 Å². The zero-order valence-corrected chi connectivity index (χ0v) is 14.4. The first-order valence-electron chi connectivity index (χ1n) is 8.85. The Morgan fingerprint density at radius 3 is 3.08 bits per heavy atom. The van der Waals surface area contributed by atoms with Gasteiger partial charge in [-0.15, -0.1) is 0 Å². The summed E-state index contributed by atoms with van der Waals surface area (Å²) in [6, 6.07) is 8.41. The number of nitrogens with one attached hydrogen (secondary N) is 1. The Bertz CT molecular complexity index is 793. The van der Waals surface area contributed by atoms with Gasteiger partial charge in [-0.2, -0.15) is 0 Å². The number of ether oxygens (including phenoxy) is 1. The van der Waals surface area contributed by atoms with Crippen LogP contribution in [0.4, 0.5) is 4.79 Å². The standard InChI is InChI=1S/C19H22N4O2/c1-2-25-18-15-11-23(10-9-16(15)20-12-21-18)19(24)22-17-8-7-13-5-3-4-6-14(13)17/h3-6,12,17H,2,7-11H2,1H3,(H,22,24). The third-order valence-corrected chi connectivity index (χ3v) is 4.96. The summed E-state index contributed by atoms with van der Waals surface area (Å²) >= 11 is 0. The second-order valence-corrected chi connectivity index (χ2v) is 6.45. The van der Waals surface area contributed by atoms with Crippen molar-refractivity contribution >= 4 is 6.03 Å². The van der Waals surface area contributed by atoms with Crippen LogP contribution >= 0.6 is 0 Å². The molecule has 2 heterocycles. The van der Waals surface area contributed by atoms with Crippen LogP contribution in [0.5, 0.6) is 5.88 Å². The fraction of sp³-hybridized carbons (Fsp3) is 0.421. The second kappa shape index (κ2) is 6.70. The molecule has 0 bridgehead atoms. The predicted molar refractivity (Wildman–Crippen MR) is 93.4 cm³/mol. The molecule has 1 aliphatic carbocycles. The normalized spacial score (nSPS) is 18.4. The van der Waals surface area contributed by atoms with Crippen LogP contribution in [0.15, 0.2) is 30.6 Å². The van der Waals surface area contributed by atoms with Gasteiger partial charge in [0, 0.05) is 13.0 Å². The van der Waals surface area contributed by atoms with E-state index in [0.29, 0.717) is 25.6 Å². The van der Waals surface area contributed by atoms with Crippen LogP contribution in [-0.4, -0.2) is 34.1 Å². The van der Waals surface area contributed by atoms with Crippen molar-refractivity contribution in [2.24, 2.45) is 0 Å². The SMILES string of the molecule is CCOc1ncnc2c1CN(C(=O)NC1CCc3ccccc31)CC2. The van der Waals surface area contributed by atoms with E-state index in [1.165, 1.54) is 17.5 Å².